The predicted octanol–water partition coefficient (Wildman–Crippen LogP) is 4.78. The van der Waals surface area contributed by atoms with Crippen LogP contribution in [0.3, 0.4) is 0 Å². The number of rotatable bonds is 8. The summed E-state index contributed by atoms with van der Waals surface area (Å²) < 4.78 is 5.63. The number of hydrogen-bond donors (Lipinski definition) is 1. The zero-order valence-electron chi connectivity index (χ0n) is 15.7. The highest BCUT2D eigenvalue weighted by atomic mass is 32.2. The molecule has 0 bridgehead atoms. The molecular formula is C21H25NO3S. The van der Waals surface area contributed by atoms with Crippen LogP contribution in [0.5, 0.6) is 5.75 Å². The van der Waals surface area contributed by atoms with Gasteiger partial charge >= 0.3 is 0 Å². The van der Waals surface area contributed by atoms with Crippen molar-refractivity contribution in [1.82, 2.24) is 0 Å². The van der Waals surface area contributed by atoms with Gasteiger partial charge in [-0.15, -0.1) is 11.8 Å². The summed E-state index contributed by atoms with van der Waals surface area (Å²) in [5, 5.41) is 2.99. The van der Waals surface area contributed by atoms with E-state index in [2.05, 4.69) is 5.32 Å². The molecule has 1 amide bonds. The monoisotopic (exact) mass is 371 g/mol. The van der Waals surface area contributed by atoms with Crippen molar-refractivity contribution in [3.63, 3.8) is 0 Å². The maximum absolute atomic E-state index is 12.3. The molecule has 0 atom stereocenters. The number of thioether (sulfide) groups is 1. The molecule has 1 N–H and O–H groups in total. The molecule has 0 unspecified atom stereocenters. The number of nitrogens with one attached hydrogen (secondary N) is 1. The van der Waals surface area contributed by atoms with Crippen LogP contribution in [-0.4, -0.2) is 24.1 Å². The van der Waals surface area contributed by atoms with Gasteiger partial charge in [-0.3, -0.25) is 9.59 Å². The number of carbonyl (C=O) groups is 2. The van der Waals surface area contributed by atoms with Crippen molar-refractivity contribution in [3.05, 3.63) is 58.7 Å². The lowest BCUT2D eigenvalue weighted by atomic mass is 10.1. The lowest BCUT2D eigenvalue weighted by molar-refractivity contribution is -0.113. The second-order valence-corrected chi connectivity index (χ2v) is 7.11. The average molecular weight is 372 g/mol. The molecule has 5 heteroatoms. The van der Waals surface area contributed by atoms with Crippen molar-refractivity contribution in [3.8, 4) is 5.75 Å². The van der Waals surface area contributed by atoms with Crippen molar-refractivity contribution in [2.45, 2.75) is 33.4 Å². The van der Waals surface area contributed by atoms with Gasteiger partial charge in [0.15, 0.2) is 5.78 Å². The fraction of sp³-hybridized carbons (Fsp3) is 0.333. The Kier molecular flexibility index (Phi) is 7.27. The molecule has 26 heavy (non-hydrogen) atoms. The SMILES string of the molecule is CCOc1ccc(C(C)=O)cc1CSCC(=O)Nc1c(C)cccc1C. The van der Waals surface area contributed by atoms with Crippen LogP contribution in [0, 0.1) is 13.8 Å². The molecule has 0 heterocycles. The summed E-state index contributed by atoms with van der Waals surface area (Å²) in [6.07, 6.45) is 0. The van der Waals surface area contributed by atoms with Gasteiger partial charge < -0.3 is 10.1 Å². The highest BCUT2D eigenvalue weighted by molar-refractivity contribution is 7.99. The summed E-state index contributed by atoms with van der Waals surface area (Å²) in [7, 11) is 0. The molecular weight excluding hydrogens is 346 g/mol. The number of aryl methyl sites for hydroxylation is 2. The van der Waals surface area contributed by atoms with Gasteiger partial charge in [-0.2, -0.15) is 0 Å². The molecule has 0 aliphatic carbocycles. The van der Waals surface area contributed by atoms with Crippen molar-refractivity contribution in [1.29, 1.82) is 0 Å². The Morgan fingerprint density at radius 1 is 1.12 bits per heavy atom. The van der Waals surface area contributed by atoms with Crippen LogP contribution in [0.4, 0.5) is 5.69 Å². The molecule has 0 aliphatic rings. The summed E-state index contributed by atoms with van der Waals surface area (Å²) in [5.74, 6) is 1.69. The van der Waals surface area contributed by atoms with E-state index in [4.69, 9.17) is 4.74 Å². The normalized spacial score (nSPS) is 10.5. The summed E-state index contributed by atoms with van der Waals surface area (Å²) in [4.78, 5) is 23.9. The van der Waals surface area contributed by atoms with Gasteiger partial charge in [0, 0.05) is 22.6 Å². The number of carbonyl (C=O) groups excluding carboxylic acids is 2. The number of ketones is 1. The Morgan fingerprint density at radius 2 is 1.81 bits per heavy atom. The predicted molar refractivity (Wildman–Crippen MR) is 108 cm³/mol. The highest BCUT2D eigenvalue weighted by Gasteiger charge is 2.11. The Hall–Kier alpha value is -2.27. The minimum atomic E-state index is -0.0342. The van der Waals surface area contributed by atoms with E-state index < -0.39 is 0 Å². The molecule has 0 aromatic heterocycles. The van der Waals surface area contributed by atoms with E-state index in [0.717, 1.165) is 28.1 Å². The van der Waals surface area contributed by atoms with Crippen molar-refractivity contribution >= 4 is 29.1 Å². The number of anilines is 1. The van der Waals surface area contributed by atoms with E-state index in [9.17, 15) is 9.59 Å². The van der Waals surface area contributed by atoms with Crippen LogP contribution in [0.1, 0.15) is 40.9 Å². The third-order valence-electron chi connectivity index (χ3n) is 4.00. The van der Waals surface area contributed by atoms with Crippen molar-refractivity contribution < 1.29 is 14.3 Å². The third kappa shape index (κ3) is 5.36. The summed E-state index contributed by atoms with van der Waals surface area (Å²) in [6, 6.07) is 11.4. The largest absolute Gasteiger partial charge is 0.494 e. The van der Waals surface area contributed by atoms with Crippen LogP contribution in [0.15, 0.2) is 36.4 Å². The quantitative estimate of drug-likeness (QED) is 0.679. The molecule has 0 aliphatic heterocycles. The Balaban J connectivity index is 1.99. The minimum Gasteiger partial charge on any atom is -0.494 e. The Labute approximate surface area is 159 Å². The summed E-state index contributed by atoms with van der Waals surface area (Å²) >= 11 is 1.50. The first kappa shape index (κ1) is 20.0. The minimum absolute atomic E-state index is 0.0204. The van der Waals surface area contributed by atoms with E-state index in [1.807, 2.05) is 51.1 Å². The van der Waals surface area contributed by atoms with E-state index in [1.54, 1.807) is 13.0 Å². The van der Waals surface area contributed by atoms with Crippen LogP contribution >= 0.6 is 11.8 Å². The van der Waals surface area contributed by atoms with Crippen LogP contribution < -0.4 is 10.1 Å². The van der Waals surface area contributed by atoms with Crippen LogP contribution in [-0.2, 0) is 10.5 Å². The van der Waals surface area contributed by atoms with E-state index >= 15 is 0 Å². The van der Waals surface area contributed by atoms with Gasteiger partial charge in [-0.1, -0.05) is 18.2 Å². The first-order chi connectivity index (χ1) is 12.4. The van der Waals surface area contributed by atoms with Crippen LogP contribution in [0.2, 0.25) is 0 Å². The van der Waals surface area contributed by atoms with Gasteiger partial charge in [-0.05, 0) is 57.0 Å². The number of ether oxygens (including phenoxy) is 1. The smallest absolute Gasteiger partial charge is 0.234 e. The van der Waals surface area contributed by atoms with E-state index in [0.29, 0.717) is 23.7 Å². The number of Topliss-reactive ketones (excluding diaryl/α,β-unsaturated/α-hetero) is 1. The molecule has 2 aromatic rings. The second kappa shape index (κ2) is 9.43. The second-order valence-electron chi connectivity index (χ2n) is 6.12. The Bertz CT molecular complexity index is 782. The summed E-state index contributed by atoms with van der Waals surface area (Å²) in [5.41, 5.74) is 4.58. The fourth-order valence-corrected chi connectivity index (χ4v) is 3.45. The molecule has 0 spiro atoms. The van der Waals surface area contributed by atoms with Crippen LogP contribution in [0.25, 0.3) is 0 Å². The molecule has 0 radical (unpaired) electrons. The molecule has 4 nitrogen and oxygen atoms in total. The van der Waals surface area contributed by atoms with E-state index in [-0.39, 0.29) is 11.7 Å². The van der Waals surface area contributed by atoms with Gasteiger partial charge in [0.2, 0.25) is 5.91 Å². The Morgan fingerprint density at radius 3 is 2.42 bits per heavy atom. The first-order valence-corrected chi connectivity index (χ1v) is 9.78. The molecule has 0 saturated carbocycles. The number of amides is 1. The van der Waals surface area contributed by atoms with Gasteiger partial charge in [0.25, 0.3) is 0 Å². The number of hydrogen-bond acceptors (Lipinski definition) is 4. The maximum Gasteiger partial charge on any atom is 0.234 e. The number of para-hydroxylation sites is 1. The topological polar surface area (TPSA) is 55.4 Å². The molecule has 2 aromatic carbocycles. The lowest BCUT2D eigenvalue weighted by Crippen LogP contribution is -2.16. The standard InChI is InChI=1S/C21H25NO3S/c1-5-25-19-10-9-17(16(4)23)11-18(19)12-26-13-20(24)22-21-14(2)7-6-8-15(21)3/h6-11H,5,12-13H2,1-4H3,(H,22,24). The van der Waals surface area contributed by atoms with Crippen molar-refractivity contribution in [2.24, 2.45) is 0 Å². The van der Waals surface area contributed by atoms with Crippen molar-refractivity contribution in [2.75, 3.05) is 17.7 Å². The average Bonchev–Trinajstić information content (AvgIpc) is 2.59. The molecule has 0 saturated heterocycles. The van der Waals surface area contributed by atoms with Gasteiger partial charge in [0.05, 0.1) is 12.4 Å². The molecule has 138 valence electrons. The lowest BCUT2D eigenvalue weighted by Gasteiger charge is -2.13. The summed E-state index contributed by atoms with van der Waals surface area (Å²) in [6.45, 7) is 8.00. The highest BCUT2D eigenvalue weighted by Crippen LogP contribution is 2.26. The third-order valence-corrected chi connectivity index (χ3v) is 4.98. The zero-order valence-corrected chi connectivity index (χ0v) is 16.5. The zero-order chi connectivity index (χ0) is 19.1. The first-order valence-electron chi connectivity index (χ1n) is 8.62. The van der Waals surface area contributed by atoms with Gasteiger partial charge in [0.1, 0.15) is 5.75 Å². The van der Waals surface area contributed by atoms with Gasteiger partial charge in [-0.25, -0.2) is 0 Å². The molecule has 0 fully saturated rings. The van der Waals surface area contributed by atoms with E-state index in [1.165, 1.54) is 11.8 Å². The fourth-order valence-electron chi connectivity index (χ4n) is 2.65. The maximum atomic E-state index is 12.3. The number of benzene rings is 2. The molecule has 2 rings (SSSR count).